The minimum atomic E-state index is -4.84. The molecule has 1 atom stereocenters. The molecule has 5 nitrogen and oxygen atoms in total. The lowest BCUT2D eigenvalue weighted by molar-refractivity contribution is -0.187. The van der Waals surface area contributed by atoms with Crippen molar-refractivity contribution in [2.45, 2.75) is 19.0 Å². The number of aliphatic carboxylic acids is 1. The predicted octanol–water partition coefficient (Wildman–Crippen LogP) is 0.461. The summed E-state index contributed by atoms with van der Waals surface area (Å²) in [5.74, 6) is -2.97. The quantitative estimate of drug-likeness (QED) is 0.777. The van der Waals surface area contributed by atoms with E-state index in [-0.39, 0.29) is 25.6 Å². The summed E-state index contributed by atoms with van der Waals surface area (Å²) in [6.45, 7) is 0.191. The van der Waals surface area contributed by atoms with Gasteiger partial charge in [0.05, 0.1) is 6.54 Å². The van der Waals surface area contributed by atoms with Crippen molar-refractivity contribution in [3.63, 3.8) is 0 Å². The molecular formula is C10H15F3N2O3. The first-order valence-corrected chi connectivity index (χ1v) is 5.59. The zero-order chi connectivity index (χ0) is 13.8. The summed E-state index contributed by atoms with van der Waals surface area (Å²) in [6, 6.07) is 0. The number of carbonyl (C=O) groups is 2. The number of piperidine rings is 1. The average molecular weight is 268 g/mol. The van der Waals surface area contributed by atoms with E-state index in [4.69, 9.17) is 5.11 Å². The Labute approximate surface area is 102 Å². The summed E-state index contributed by atoms with van der Waals surface area (Å²) in [7, 11) is 0. The van der Waals surface area contributed by atoms with Crippen molar-refractivity contribution in [1.82, 2.24) is 10.2 Å². The second kappa shape index (κ2) is 6.03. The number of alkyl halides is 3. The van der Waals surface area contributed by atoms with Gasteiger partial charge in [0.15, 0.2) is 0 Å². The Bertz CT molecular complexity index is 320. The first-order valence-electron chi connectivity index (χ1n) is 5.59. The van der Waals surface area contributed by atoms with E-state index < -0.39 is 18.1 Å². The molecule has 1 amide bonds. The van der Waals surface area contributed by atoms with Crippen LogP contribution in [0.15, 0.2) is 0 Å². The second-order valence-electron chi connectivity index (χ2n) is 4.28. The minimum Gasteiger partial charge on any atom is -0.480 e. The summed E-state index contributed by atoms with van der Waals surface area (Å²) < 4.78 is 36.7. The van der Waals surface area contributed by atoms with Gasteiger partial charge < -0.3 is 15.3 Å². The van der Waals surface area contributed by atoms with E-state index in [9.17, 15) is 22.8 Å². The zero-order valence-electron chi connectivity index (χ0n) is 9.66. The van der Waals surface area contributed by atoms with Crippen molar-refractivity contribution in [3.05, 3.63) is 0 Å². The van der Waals surface area contributed by atoms with E-state index in [1.54, 1.807) is 0 Å². The number of hydrogen-bond donors (Lipinski definition) is 2. The van der Waals surface area contributed by atoms with Gasteiger partial charge in [-0.25, -0.2) is 0 Å². The third-order valence-corrected chi connectivity index (χ3v) is 2.76. The largest absolute Gasteiger partial charge is 0.480 e. The molecule has 0 spiro atoms. The van der Waals surface area contributed by atoms with Crippen molar-refractivity contribution >= 4 is 11.9 Å². The first kappa shape index (κ1) is 14.7. The van der Waals surface area contributed by atoms with E-state index in [1.807, 2.05) is 0 Å². The summed E-state index contributed by atoms with van der Waals surface area (Å²) in [5.41, 5.74) is 0. The van der Waals surface area contributed by atoms with Crippen molar-refractivity contribution in [2.24, 2.45) is 5.92 Å². The van der Waals surface area contributed by atoms with Gasteiger partial charge in [-0.05, 0) is 18.8 Å². The van der Waals surface area contributed by atoms with Crippen LogP contribution in [-0.2, 0) is 9.59 Å². The van der Waals surface area contributed by atoms with Crippen LogP contribution < -0.4 is 5.32 Å². The molecule has 0 aromatic rings. The van der Waals surface area contributed by atoms with E-state index >= 15 is 0 Å². The first-order chi connectivity index (χ1) is 8.30. The van der Waals surface area contributed by atoms with Gasteiger partial charge in [0.1, 0.15) is 0 Å². The van der Waals surface area contributed by atoms with Gasteiger partial charge in [-0.1, -0.05) is 0 Å². The smallest absolute Gasteiger partial charge is 0.471 e. The molecule has 0 aromatic carbocycles. The Balaban J connectivity index is 2.41. The molecule has 18 heavy (non-hydrogen) atoms. The lowest BCUT2D eigenvalue weighted by Gasteiger charge is -2.33. The highest BCUT2D eigenvalue weighted by Crippen LogP contribution is 2.23. The Hall–Kier alpha value is -1.31. The standard InChI is InChI=1S/C10H15F3N2O3/c11-10(12,13)9(18)15-3-1-2-7(6-15)4-14-5-8(16)17/h7,14H,1-6H2,(H,16,17). The highest BCUT2D eigenvalue weighted by atomic mass is 19.4. The van der Waals surface area contributed by atoms with Gasteiger partial charge in [0.2, 0.25) is 0 Å². The van der Waals surface area contributed by atoms with E-state index in [0.717, 1.165) is 4.90 Å². The van der Waals surface area contributed by atoms with Gasteiger partial charge in [-0.15, -0.1) is 0 Å². The number of carboxylic acids is 1. The molecule has 1 rings (SSSR count). The lowest BCUT2D eigenvalue weighted by atomic mass is 9.98. The third-order valence-electron chi connectivity index (χ3n) is 2.76. The maximum absolute atomic E-state index is 12.2. The SMILES string of the molecule is O=C(O)CNCC1CCCN(C(=O)C(F)(F)F)C1. The Morgan fingerprint density at radius 3 is 2.61 bits per heavy atom. The number of rotatable bonds is 4. The Morgan fingerprint density at radius 2 is 2.06 bits per heavy atom. The molecule has 0 aromatic heterocycles. The number of hydrogen-bond acceptors (Lipinski definition) is 3. The van der Waals surface area contributed by atoms with Crippen LogP contribution in [0.25, 0.3) is 0 Å². The van der Waals surface area contributed by atoms with E-state index in [0.29, 0.717) is 19.4 Å². The maximum Gasteiger partial charge on any atom is 0.471 e. The van der Waals surface area contributed by atoms with E-state index in [2.05, 4.69) is 5.32 Å². The van der Waals surface area contributed by atoms with Crippen LogP contribution >= 0.6 is 0 Å². The van der Waals surface area contributed by atoms with Crippen LogP contribution in [0.4, 0.5) is 13.2 Å². The molecule has 1 aliphatic rings. The van der Waals surface area contributed by atoms with Crippen LogP contribution in [0.5, 0.6) is 0 Å². The van der Waals surface area contributed by atoms with Crippen molar-refractivity contribution in [2.75, 3.05) is 26.2 Å². The van der Waals surface area contributed by atoms with Crippen LogP contribution in [0.2, 0.25) is 0 Å². The molecule has 0 radical (unpaired) electrons. The average Bonchev–Trinajstić information content (AvgIpc) is 2.26. The fourth-order valence-electron chi connectivity index (χ4n) is 1.98. The van der Waals surface area contributed by atoms with Crippen LogP contribution in [0, 0.1) is 5.92 Å². The van der Waals surface area contributed by atoms with Crippen LogP contribution in [-0.4, -0.2) is 54.2 Å². The Kier molecular flexibility index (Phi) is 4.94. The number of nitrogens with one attached hydrogen (secondary N) is 1. The molecule has 0 bridgehead atoms. The molecule has 2 N–H and O–H groups in total. The molecule has 8 heteroatoms. The third kappa shape index (κ3) is 4.52. The minimum absolute atomic E-state index is 0.0188. The molecule has 104 valence electrons. The van der Waals surface area contributed by atoms with Gasteiger partial charge in [-0.3, -0.25) is 9.59 Å². The molecule has 0 aliphatic carbocycles. The molecule has 1 aliphatic heterocycles. The van der Waals surface area contributed by atoms with Gasteiger partial charge in [0.25, 0.3) is 0 Å². The summed E-state index contributed by atoms with van der Waals surface area (Å²) >= 11 is 0. The Morgan fingerprint density at radius 1 is 1.39 bits per heavy atom. The van der Waals surface area contributed by atoms with Crippen molar-refractivity contribution in [3.8, 4) is 0 Å². The highest BCUT2D eigenvalue weighted by molar-refractivity contribution is 5.81. The molecule has 1 saturated heterocycles. The zero-order valence-corrected chi connectivity index (χ0v) is 9.66. The summed E-state index contributed by atoms with van der Waals surface area (Å²) in [6.07, 6.45) is -3.65. The van der Waals surface area contributed by atoms with Crippen LogP contribution in [0.1, 0.15) is 12.8 Å². The molecular weight excluding hydrogens is 253 g/mol. The number of carboxylic acid groups (broad SMARTS) is 1. The number of halogens is 3. The van der Waals surface area contributed by atoms with Crippen molar-refractivity contribution in [1.29, 1.82) is 0 Å². The van der Waals surface area contributed by atoms with Gasteiger partial charge in [-0.2, -0.15) is 13.2 Å². The highest BCUT2D eigenvalue weighted by Gasteiger charge is 2.43. The molecule has 0 saturated carbocycles. The maximum atomic E-state index is 12.2. The van der Waals surface area contributed by atoms with E-state index in [1.165, 1.54) is 0 Å². The van der Waals surface area contributed by atoms with Gasteiger partial charge >= 0.3 is 18.1 Å². The van der Waals surface area contributed by atoms with Crippen LogP contribution in [0.3, 0.4) is 0 Å². The summed E-state index contributed by atoms with van der Waals surface area (Å²) in [4.78, 5) is 22.1. The number of amides is 1. The number of carbonyl (C=O) groups excluding carboxylic acids is 1. The van der Waals surface area contributed by atoms with Gasteiger partial charge in [0, 0.05) is 19.6 Å². The number of likely N-dealkylation sites (tertiary alicyclic amines) is 1. The number of nitrogens with zero attached hydrogens (tertiary/aromatic N) is 1. The molecule has 1 heterocycles. The monoisotopic (exact) mass is 268 g/mol. The lowest BCUT2D eigenvalue weighted by Crippen LogP contribution is -2.48. The summed E-state index contributed by atoms with van der Waals surface area (Å²) in [5, 5.41) is 11.0. The fourth-order valence-corrected chi connectivity index (χ4v) is 1.98. The fraction of sp³-hybridized carbons (Fsp3) is 0.800. The molecule has 1 fully saturated rings. The predicted molar refractivity (Wildman–Crippen MR) is 55.9 cm³/mol. The topological polar surface area (TPSA) is 69.6 Å². The second-order valence-corrected chi connectivity index (χ2v) is 4.28. The van der Waals surface area contributed by atoms with Crippen molar-refractivity contribution < 1.29 is 27.9 Å². The molecule has 1 unspecified atom stereocenters. The normalized spacial score (nSPS) is 20.8.